The van der Waals surface area contributed by atoms with Crippen LogP contribution in [0.4, 0.5) is 0 Å². The minimum Gasteiger partial charge on any atom is -0.384 e. The van der Waals surface area contributed by atoms with Crippen LogP contribution in [-0.2, 0) is 5.60 Å². The average Bonchev–Trinajstić information content (AvgIpc) is 2.79. The van der Waals surface area contributed by atoms with Gasteiger partial charge in [0.2, 0.25) is 0 Å². The van der Waals surface area contributed by atoms with E-state index in [2.05, 4.69) is 0 Å². The van der Waals surface area contributed by atoms with E-state index in [1.54, 1.807) is 0 Å². The summed E-state index contributed by atoms with van der Waals surface area (Å²) in [5.41, 5.74) is -0.722. The summed E-state index contributed by atoms with van der Waals surface area (Å²) in [7, 11) is 0. The van der Waals surface area contributed by atoms with Crippen molar-refractivity contribution < 1.29 is 5.11 Å². The van der Waals surface area contributed by atoms with Crippen LogP contribution in [0.2, 0.25) is 0 Å². The van der Waals surface area contributed by atoms with E-state index in [4.69, 9.17) is 10.5 Å². The maximum absolute atomic E-state index is 10.7. The molecular weight excluding hydrogens is 212 g/mol. The van der Waals surface area contributed by atoms with Crippen molar-refractivity contribution in [2.75, 3.05) is 0 Å². The number of nitrogens with zero attached hydrogens (tertiary/aromatic N) is 2. The first-order chi connectivity index (χ1) is 8.00. The summed E-state index contributed by atoms with van der Waals surface area (Å²) in [5, 5.41) is 28.6. The lowest BCUT2D eigenvalue weighted by molar-refractivity contribution is 0.0979. The summed E-state index contributed by atoms with van der Waals surface area (Å²) in [4.78, 5) is 0. The molecule has 3 nitrogen and oxygen atoms in total. The molecule has 1 aromatic carbocycles. The highest BCUT2D eigenvalue weighted by molar-refractivity contribution is 5.38. The Bertz CT molecular complexity index is 495. The van der Waals surface area contributed by atoms with Crippen LogP contribution in [0.3, 0.4) is 0 Å². The molecule has 0 unspecified atom stereocenters. The molecule has 1 aliphatic carbocycles. The highest BCUT2D eigenvalue weighted by Crippen LogP contribution is 2.70. The number of benzene rings is 1. The molecule has 0 aromatic heterocycles. The molecule has 0 radical (unpaired) electrons. The quantitative estimate of drug-likeness (QED) is 0.840. The number of rotatable bonds is 2. The standard InChI is InChI=1S/C14H14N2O/c1-13(2)12(10(8-15)9-16)14(13,17)11-6-4-3-5-7-11/h3-7,10,12,17H,1-2H3/t12-,14+/m1/s1. The Hall–Kier alpha value is -1.84. The maximum Gasteiger partial charge on any atom is 0.139 e. The molecule has 86 valence electrons. The molecule has 1 N–H and O–H groups in total. The predicted octanol–water partition coefficient (Wildman–Crippen LogP) is 2.19. The van der Waals surface area contributed by atoms with Crippen LogP contribution in [0, 0.1) is 39.9 Å². The van der Waals surface area contributed by atoms with Gasteiger partial charge in [0, 0.05) is 11.3 Å². The van der Waals surface area contributed by atoms with Crippen molar-refractivity contribution in [1.29, 1.82) is 10.5 Å². The Morgan fingerprint density at radius 3 is 2.18 bits per heavy atom. The zero-order chi connectivity index (χ0) is 12.7. The third kappa shape index (κ3) is 1.37. The van der Waals surface area contributed by atoms with Crippen LogP contribution in [0.15, 0.2) is 30.3 Å². The second-order valence-electron chi connectivity index (χ2n) is 5.07. The van der Waals surface area contributed by atoms with E-state index in [9.17, 15) is 5.11 Å². The highest BCUT2D eigenvalue weighted by Gasteiger charge is 2.74. The third-order valence-corrected chi connectivity index (χ3v) is 3.95. The Labute approximate surface area is 101 Å². The lowest BCUT2D eigenvalue weighted by Crippen LogP contribution is -2.14. The van der Waals surface area contributed by atoms with Crippen molar-refractivity contribution in [2.45, 2.75) is 19.4 Å². The number of hydrogen-bond acceptors (Lipinski definition) is 3. The Kier molecular flexibility index (Phi) is 2.45. The van der Waals surface area contributed by atoms with E-state index in [1.165, 1.54) is 0 Å². The fraction of sp³-hybridized carbons (Fsp3) is 0.429. The van der Waals surface area contributed by atoms with Gasteiger partial charge in [-0.05, 0) is 5.56 Å². The molecule has 0 bridgehead atoms. The SMILES string of the molecule is CC1(C)[C@@H](C(C#N)C#N)[C@@]1(O)c1ccccc1. The van der Waals surface area contributed by atoms with E-state index in [-0.39, 0.29) is 5.92 Å². The van der Waals surface area contributed by atoms with Gasteiger partial charge in [-0.3, -0.25) is 0 Å². The van der Waals surface area contributed by atoms with Gasteiger partial charge in [-0.25, -0.2) is 0 Å². The second kappa shape index (κ2) is 3.58. The molecule has 17 heavy (non-hydrogen) atoms. The summed E-state index contributed by atoms with van der Waals surface area (Å²) in [5.74, 6) is -1.09. The summed E-state index contributed by atoms with van der Waals surface area (Å²) in [6.45, 7) is 3.79. The van der Waals surface area contributed by atoms with E-state index in [0.29, 0.717) is 0 Å². The average molecular weight is 226 g/mol. The smallest absolute Gasteiger partial charge is 0.139 e. The highest BCUT2D eigenvalue weighted by atomic mass is 16.3. The first-order valence-electron chi connectivity index (χ1n) is 5.57. The van der Waals surface area contributed by atoms with Crippen molar-refractivity contribution in [3.05, 3.63) is 35.9 Å². The minimum atomic E-state index is -1.07. The van der Waals surface area contributed by atoms with Crippen molar-refractivity contribution in [2.24, 2.45) is 17.3 Å². The fourth-order valence-corrected chi connectivity index (χ4v) is 2.86. The molecule has 2 atom stereocenters. The topological polar surface area (TPSA) is 67.8 Å². The van der Waals surface area contributed by atoms with E-state index >= 15 is 0 Å². The Morgan fingerprint density at radius 2 is 1.71 bits per heavy atom. The lowest BCUT2D eigenvalue weighted by Gasteiger charge is -2.13. The fourth-order valence-electron chi connectivity index (χ4n) is 2.86. The van der Waals surface area contributed by atoms with Crippen LogP contribution in [0.5, 0.6) is 0 Å². The molecule has 1 saturated carbocycles. The number of nitriles is 2. The number of hydrogen-bond donors (Lipinski definition) is 1. The van der Waals surface area contributed by atoms with Gasteiger partial charge in [0.15, 0.2) is 0 Å². The normalized spacial score (nSPS) is 29.4. The predicted molar refractivity (Wildman–Crippen MR) is 62.3 cm³/mol. The molecular formula is C14H14N2O. The Morgan fingerprint density at radius 1 is 1.18 bits per heavy atom. The van der Waals surface area contributed by atoms with Gasteiger partial charge in [-0.2, -0.15) is 10.5 Å². The summed E-state index contributed by atoms with van der Waals surface area (Å²) in [6, 6.07) is 13.2. The van der Waals surface area contributed by atoms with Gasteiger partial charge < -0.3 is 5.11 Å². The molecule has 2 rings (SSSR count). The molecule has 1 fully saturated rings. The van der Waals surface area contributed by atoms with Gasteiger partial charge in [0.05, 0.1) is 12.1 Å². The molecule has 0 saturated heterocycles. The molecule has 0 spiro atoms. The van der Waals surface area contributed by atoms with Crippen LogP contribution in [0.1, 0.15) is 19.4 Å². The Balaban J connectivity index is 2.42. The molecule has 0 amide bonds. The van der Waals surface area contributed by atoms with Crippen LogP contribution in [0.25, 0.3) is 0 Å². The number of aliphatic hydroxyl groups is 1. The zero-order valence-electron chi connectivity index (χ0n) is 9.88. The first kappa shape index (κ1) is 11.6. The molecule has 1 aliphatic rings. The second-order valence-corrected chi connectivity index (χ2v) is 5.07. The van der Waals surface area contributed by atoms with Gasteiger partial charge in [-0.1, -0.05) is 44.2 Å². The largest absolute Gasteiger partial charge is 0.384 e. The maximum atomic E-state index is 10.7. The third-order valence-electron chi connectivity index (χ3n) is 3.95. The van der Waals surface area contributed by atoms with Gasteiger partial charge in [0.25, 0.3) is 0 Å². The molecule has 0 heterocycles. The molecule has 0 aliphatic heterocycles. The zero-order valence-corrected chi connectivity index (χ0v) is 9.88. The van der Waals surface area contributed by atoms with Crippen molar-refractivity contribution in [3.63, 3.8) is 0 Å². The van der Waals surface area contributed by atoms with Gasteiger partial charge >= 0.3 is 0 Å². The van der Waals surface area contributed by atoms with Crippen LogP contribution in [-0.4, -0.2) is 5.11 Å². The van der Waals surface area contributed by atoms with Crippen LogP contribution < -0.4 is 0 Å². The van der Waals surface area contributed by atoms with E-state index in [1.807, 2.05) is 56.3 Å². The summed E-state index contributed by atoms with van der Waals surface area (Å²) >= 11 is 0. The van der Waals surface area contributed by atoms with E-state index < -0.39 is 16.9 Å². The first-order valence-corrected chi connectivity index (χ1v) is 5.57. The van der Waals surface area contributed by atoms with E-state index in [0.717, 1.165) is 5.56 Å². The lowest BCUT2D eigenvalue weighted by atomic mass is 9.99. The van der Waals surface area contributed by atoms with Gasteiger partial charge in [-0.15, -0.1) is 0 Å². The van der Waals surface area contributed by atoms with Crippen molar-refractivity contribution in [1.82, 2.24) is 0 Å². The minimum absolute atomic E-state index is 0.326. The van der Waals surface area contributed by atoms with Crippen LogP contribution >= 0.6 is 0 Å². The van der Waals surface area contributed by atoms with Gasteiger partial charge in [0.1, 0.15) is 11.5 Å². The summed E-state index contributed by atoms with van der Waals surface area (Å²) in [6.07, 6.45) is 0. The van der Waals surface area contributed by atoms with Crippen molar-refractivity contribution in [3.8, 4) is 12.1 Å². The molecule has 3 heteroatoms. The molecule has 1 aromatic rings. The summed E-state index contributed by atoms with van der Waals surface area (Å²) < 4.78 is 0. The monoisotopic (exact) mass is 226 g/mol. The van der Waals surface area contributed by atoms with Crippen molar-refractivity contribution >= 4 is 0 Å².